The van der Waals surface area contributed by atoms with Crippen LogP contribution in [0.5, 0.6) is 11.5 Å². The maximum atomic E-state index is 13.4. The molecule has 3 aromatic rings. The number of sulfonamides is 1. The molecule has 32 heavy (non-hydrogen) atoms. The summed E-state index contributed by atoms with van der Waals surface area (Å²) in [6.07, 6.45) is 0. The van der Waals surface area contributed by atoms with Crippen molar-refractivity contribution in [3.8, 4) is 11.5 Å². The summed E-state index contributed by atoms with van der Waals surface area (Å²) in [4.78, 5) is 13.0. The van der Waals surface area contributed by atoms with Crippen molar-refractivity contribution in [1.82, 2.24) is 5.32 Å². The summed E-state index contributed by atoms with van der Waals surface area (Å²) in [7, 11) is -0.901. The second-order valence-electron chi connectivity index (χ2n) is 7.09. The van der Waals surface area contributed by atoms with Gasteiger partial charge in [0.05, 0.1) is 30.8 Å². The molecule has 0 heterocycles. The summed E-state index contributed by atoms with van der Waals surface area (Å²) in [5, 5.41) is 2.87. The van der Waals surface area contributed by atoms with E-state index in [1.54, 1.807) is 61.7 Å². The van der Waals surface area contributed by atoms with Gasteiger partial charge in [-0.2, -0.15) is 0 Å². The van der Waals surface area contributed by atoms with E-state index in [1.165, 1.54) is 19.2 Å². The summed E-state index contributed by atoms with van der Waals surface area (Å²) in [6, 6.07) is 21.6. The molecular formula is C24H26N2O5S. The predicted molar refractivity (Wildman–Crippen MR) is 124 cm³/mol. The molecule has 1 N–H and O–H groups in total. The van der Waals surface area contributed by atoms with E-state index in [-0.39, 0.29) is 17.5 Å². The number of hydrogen-bond donors (Lipinski definition) is 1. The van der Waals surface area contributed by atoms with Crippen molar-refractivity contribution in [2.75, 3.05) is 25.1 Å². The van der Waals surface area contributed by atoms with Crippen LogP contribution in [0.1, 0.15) is 18.5 Å². The van der Waals surface area contributed by atoms with Crippen LogP contribution in [0.4, 0.5) is 5.69 Å². The van der Waals surface area contributed by atoms with E-state index in [9.17, 15) is 13.2 Å². The van der Waals surface area contributed by atoms with Gasteiger partial charge in [0.15, 0.2) is 0 Å². The number of carbonyl (C=O) groups is 1. The highest BCUT2D eigenvalue weighted by molar-refractivity contribution is 7.92. The minimum Gasteiger partial charge on any atom is -0.497 e. The topological polar surface area (TPSA) is 84.9 Å². The normalized spacial score (nSPS) is 12.0. The quantitative estimate of drug-likeness (QED) is 0.532. The molecular weight excluding hydrogens is 428 g/mol. The van der Waals surface area contributed by atoms with Crippen molar-refractivity contribution >= 4 is 21.6 Å². The molecule has 0 aromatic heterocycles. The predicted octanol–water partition coefficient (Wildman–Crippen LogP) is 3.78. The van der Waals surface area contributed by atoms with Crippen LogP contribution in [0.25, 0.3) is 0 Å². The Morgan fingerprint density at radius 1 is 0.906 bits per heavy atom. The van der Waals surface area contributed by atoms with E-state index in [4.69, 9.17) is 9.47 Å². The minimum atomic E-state index is -3.98. The molecule has 0 saturated carbocycles. The Morgan fingerprint density at radius 2 is 1.56 bits per heavy atom. The van der Waals surface area contributed by atoms with Crippen molar-refractivity contribution < 1.29 is 22.7 Å². The Bertz CT molecular complexity index is 1150. The Labute approximate surface area is 188 Å². The fourth-order valence-corrected chi connectivity index (χ4v) is 4.63. The van der Waals surface area contributed by atoms with Gasteiger partial charge in [-0.15, -0.1) is 0 Å². The zero-order chi connectivity index (χ0) is 23.1. The third-order valence-corrected chi connectivity index (χ3v) is 6.74. The second-order valence-corrected chi connectivity index (χ2v) is 8.95. The average molecular weight is 455 g/mol. The highest BCUT2D eigenvalue weighted by Crippen LogP contribution is 2.27. The first-order chi connectivity index (χ1) is 15.3. The molecule has 7 nitrogen and oxygen atoms in total. The van der Waals surface area contributed by atoms with Gasteiger partial charge in [-0.3, -0.25) is 9.10 Å². The van der Waals surface area contributed by atoms with Crippen molar-refractivity contribution in [2.45, 2.75) is 17.9 Å². The zero-order valence-electron chi connectivity index (χ0n) is 18.2. The molecule has 0 aliphatic rings. The second kappa shape index (κ2) is 10.2. The average Bonchev–Trinajstić information content (AvgIpc) is 2.83. The van der Waals surface area contributed by atoms with Gasteiger partial charge in [-0.1, -0.05) is 36.4 Å². The number of nitrogens with one attached hydrogen (secondary N) is 1. The molecule has 0 unspecified atom stereocenters. The SMILES string of the molecule is COc1ccc([C@@H](C)NC(=O)CN(c2cccc(OC)c2)S(=O)(=O)c2ccccc2)cc1. The third-order valence-electron chi connectivity index (χ3n) is 4.95. The van der Waals surface area contributed by atoms with Crippen molar-refractivity contribution in [3.63, 3.8) is 0 Å². The van der Waals surface area contributed by atoms with Crippen molar-refractivity contribution in [1.29, 1.82) is 0 Å². The fraction of sp³-hybridized carbons (Fsp3) is 0.208. The van der Waals surface area contributed by atoms with Gasteiger partial charge in [0.1, 0.15) is 18.0 Å². The van der Waals surface area contributed by atoms with Gasteiger partial charge >= 0.3 is 0 Å². The van der Waals surface area contributed by atoms with E-state index < -0.39 is 15.9 Å². The monoisotopic (exact) mass is 454 g/mol. The first kappa shape index (κ1) is 23.1. The molecule has 3 aromatic carbocycles. The molecule has 168 valence electrons. The van der Waals surface area contributed by atoms with Crippen molar-refractivity contribution in [3.05, 3.63) is 84.4 Å². The molecule has 0 radical (unpaired) electrons. The Balaban J connectivity index is 1.87. The smallest absolute Gasteiger partial charge is 0.264 e. The molecule has 3 rings (SSSR count). The van der Waals surface area contributed by atoms with Crippen LogP contribution in [0, 0.1) is 0 Å². The lowest BCUT2D eigenvalue weighted by atomic mass is 10.1. The molecule has 0 aliphatic carbocycles. The number of rotatable bonds is 9. The fourth-order valence-electron chi connectivity index (χ4n) is 3.19. The lowest BCUT2D eigenvalue weighted by Gasteiger charge is -2.25. The third kappa shape index (κ3) is 5.39. The minimum absolute atomic E-state index is 0.0961. The number of hydrogen-bond acceptors (Lipinski definition) is 5. The molecule has 0 saturated heterocycles. The molecule has 1 atom stereocenters. The van der Waals surface area contributed by atoms with Crippen LogP contribution in [-0.4, -0.2) is 35.1 Å². The lowest BCUT2D eigenvalue weighted by molar-refractivity contribution is -0.120. The van der Waals surface area contributed by atoms with Gasteiger partial charge in [0.2, 0.25) is 5.91 Å². The summed E-state index contributed by atoms with van der Waals surface area (Å²) >= 11 is 0. The maximum Gasteiger partial charge on any atom is 0.264 e. The Hall–Kier alpha value is -3.52. The lowest BCUT2D eigenvalue weighted by Crippen LogP contribution is -2.41. The molecule has 0 aliphatic heterocycles. The number of nitrogens with zero attached hydrogens (tertiary/aromatic N) is 1. The number of benzene rings is 3. The summed E-state index contributed by atoms with van der Waals surface area (Å²) in [5.41, 5.74) is 1.21. The van der Waals surface area contributed by atoms with Gasteiger partial charge in [0, 0.05) is 6.07 Å². The van der Waals surface area contributed by atoms with Crippen LogP contribution in [0.2, 0.25) is 0 Å². The summed E-state index contributed by atoms with van der Waals surface area (Å²) in [6.45, 7) is 1.45. The summed E-state index contributed by atoms with van der Waals surface area (Å²) in [5.74, 6) is 0.767. The van der Waals surface area contributed by atoms with E-state index in [1.807, 2.05) is 19.1 Å². The van der Waals surface area contributed by atoms with Crippen molar-refractivity contribution in [2.24, 2.45) is 0 Å². The van der Waals surface area contributed by atoms with Crippen LogP contribution < -0.4 is 19.1 Å². The van der Waals surface area contributed by atoms with E-state index in [0.717, 1.165) is 9.87 Å². The van der Waals surface area contributed by atoms with Crippen LogP contribution in [0.3, 0.4) is 0 Å². The standard InChI is InChI=1S/C24H26N2O5S/c1-18(19-12-14-21(30-2)15-13-19)25-24(27)17-26(20-8-7-9-22(16-20)31-3)32(28,29)23-10-5-4-6-11-23/h4-16,18H,17H2,1-3H3,(H,25,27)/t18-/m1/s1. The largest absolute Gasteiger partial charge is 0.497 e. The zero-order valence-corrected chi connectivity index (χ0v) is 19.0. The Morgan fingerprint density at radius 3 is 2.19 bits per heavy atom. The summed E-state index contributed by atoms with van der Waals surface area (Å²) < 4.78 is 38.3. The molecule has 0 spiro atoms. The van der Waals surface area contributed by atoms with Gasteiger partial charge in [-0.05, 0) is 48.9 Å². The number of anilines is 1. The van der Waals surface area contributed by atoms with Crippen LogP contribution in [-0.2, 0) is 14.8 Å². The van der Waals surface area contributed by atoms with E-state index in [2.05, 4.69) is 5.32 Å². The Kier molecular flexibility index (Phi) is 7.37. The van der Waals surface area contributed by atoms with Gasteiger partial charge in [0.25, 0.3) is 10.0 Å². The number of carbonyl (C=O) groups excluding carboxylic acids is 1. The van der Waals surface area contributed by atoms with E-state index in [0.29, 0.717) is 17.2 Å². The number of ether oxygens (including phenoxy) is 2. The molecule has 8 heteroatoms. The van der Waals surface area contributed by atoms with Crippen LogP contribution >= 0.6 is 0 Å². The van der Waals surface area contributed by atoms with Gasteiger partial charge < -0.3 is 14.8 Å². The molecule has 0 fully saturated rings. The van der Waals surface area contributed by atoms with Crippen LogP contribution in [0.15, 0.2) is 83.8 Å². The highest BCUT2D eigenvalue weighted by Gasteiger charge is 2.28. The highest BCUT2D eigenvalue weighted by atomic mass is 32.2. The van der Waals surface area contributed by atoms with E-state index >= 15 is 0 Å². The number of methoxy groups -OCH3 is 2. The first-order valence-electron chi connectivity index (χ1n) is 10.0. The maximum absolute atomic E-state index is 13.4. The number of amides is 1. The molecule has 1 amide bonds. The van der Waals surface area contributed by atoms with Gasteiger partial charge in [-0.25, -0.2) is 8.42 Å². The first-order valence-corrected chi connectivity index (χ1v) is 11.4. The molecule has 0 bridgehead atoms.